The highest BCUT2D eigenvalue weighted by Crippen LogP contribution is 2.28. The third-order valence-corrected chi connectivity index (χ3v) is 5.70. The Kier molecular flexibility index (Phi) is 5.00. The van der Waals surface area contributed by atoms with Gasteiger partial charge in [-0.25, -0.2) is 4.68 Å². The molecule has 1 aliphatic carbocycles. The lowest BCUT2D eigenvalue weighted by Crippen LogP contribution is -2.46. The maximum absolute atomic E-state index is 13.2. The molecule has 2 N–H and O–H groups in total. The van der Waals surface area contributed by atoms with Crippen LogP contribution in [0.2, 0.25) is 5.02 Å². The van der Waals surface area contributed by atoms with Crippen LogP contribution in [0.1, 0.15) is 53.8 Å². The Bertz CT molecular complexity index is 799. The number of halogens is 1. The van der Waals surface area contributed by atoms with E-state index in [0.29, 0.717) is 17.3 Å². The molecular formula is C20H25ClN4O. The van der Waals surface area contributed by atoms with Crippen LogP contribution >= 0.6 is 11.6 Å². The van der Waals surface area contributed by atoms with Gasteiger partial charge in [-0.2, -0.15) is 5.10 Å². The normalized spacial score (nSPS) is 20.5. The Balaban J connectivity index is 1.74. The summed E-state index contributed by atoms with van der Waals surface area (Å²) in [5.41, 5.74) is 9.96. The molecule has 2 aliphatic rings. The Morgan fingerprint density at radius 2 is 1.88 bits per heavy atom. The molecule has 4 rings (SSSR count). The summed E-state index contributed by atoms with van der Waals surface area (Å²) in [6, 6.07) is 7.74. The van der Waals surface area contributed by atoms with Gasteiger partial charge < -0.3 is 10.6 Å². The largest absolute Gasteiger partial charge is 0.336 e. The van der Waals surface area contributed by atoms with Crippen LogP contribution < -0.4 is 5.73 Å². The number of hydrogen-bond acceptors (Lipinski definition) is 3. The van der Waals surface area contributed by atoms with Gasteiger partial charge in [-0.15, -0.1) is 0 Å². The maximum atomic E-state index is 13.2. The standard InChI is InChI=1S/C20H25ClN4O/c21-14-8-10-16(11-9-14)25-18-7-3-1-2-6-17(18)19(23-25)20(26)24-12-4-5-15(22)13-24/h8-11,15H,1-7,12-13,22H2. The van der Waals surface area contributed by atoms with E-state index in [4.69, 9.17) is 22.4 Å². The van der Waals surface area contributed by atoms with Gasteiger partial charge in [0.05, 0.1) is 5.69 Å². The van der Waals surface area contributed by atoms with Crippen LogP contribution in [0, 0.1) is 0 Å². The number of fused-ring (bicyclic) bond motifs is 1. The second-order valence-corrected chi connectivity index (χ2v) is 7.81. The lowest BCUT2D eigenvalue weighted by molar-refractivity contribution is 0.0701. The molecule has 0 spiro atoms. The zero-order valence-corrected chi connectivity index (χ0v) is 15.7. The molecule has 0 saturated carbocycles. The lowest BCUT2D eigenvalue weighted by atomic mass is 10.0. The van der Waals surface area contributed by atoms with Gasteiger partial charge in [0.25, 0.3) is 5.91 Å². The second-order valence-electron chi connectivity index (χ2n) is 7.38. The summed E-state index contributed by atoms with van der Waals surface area (Å²) in [4.78, 5) is 15.1. The number of nitrogens with zero attached hydrogens (tertiary/aromatic N) is 3. The van der Waals surface area contributed by atoms with Crippen molar-refractivity contribution in [3.63, 3.8) is 0 Å². The molecular weight excluding hydrogens is 348 g/mol. The van der Waals surface area contributed by atoms with Crippen molar-refractivity contribution in [1.29, 1.82) is 0 Å². The first-order valence-electron chi connectivity index (χ1n) is 9.55. The van der Waals surface area contributed by atoms with E-state index in [9.17, 15) is 4.79 Å². The van der Waals surface area contributed by atoms with Crippen molar-refractivity contribution in [2.24, 2.45) is 5.73 Å². The van der Waals surface area contributed by atoms with Gasteiger partial charge in [-0.05, 0) is 62.8 Å². The van der Waals surface area contributed by atoms with Crippen LogP contribution in [0.4, 0.5) is 0 Å². The van der Waals surface area contributed by atoms with E-state index >= 15 is 0 Å². The van der Waals surface area contributed by atoms with Crippen molar-refractivity contribution in [1.82, 2.24) is 14.7 Å². The Morgan fingerprint density at radius 3 is 2.65 bits per heavy atom. The van der Waals surface area contributed by atoms with Crippen LogP contribution in [0.15, 0.2) is 24.3 Å². The summed E-state index contributed by atoms with van der Waals surface area (Å²) in [6.07, 6.45) is 7.26. The molecule has 138 valence electrons. The highest BCUT2D eigenvalue weighted by molar-refractivity contribution is 6.30. The summed E-state index contributed by atoms with van der Waals surface area (Å²) < 4.78 is 1.95. The minimum Gasteiger partial charge on any atom is -0.336 e. The molecule has 26 heavy (non-hydrogen) atoms. The fourth-order valence-corrected chi connectivity index (χ4v) is 4.21. The Hall–Kier alpha value is -1.85. The number of nitrogens with two attached hydrogens (primary N) is 1. The molecule has 1 fully saturated rings. The Labute approximate surface area is 159 Å². The lowest BCUT2D eigenvalue weighted by Gasteiger charge is -2.30. The van der Waals surface area contributed by atoms with Gasteiger partial charge in [0.2, 0.25) is 0 Å². The molecule has 1 atom stereocenters. The molecule has 1 unspecified atom stereocenters. The van der Waals surface area contributed by atoms with Crippen molar-refractivity contribution in [2.75, 3.05) is 13.1 Å². The van der Waals surface area contributed by atoms with Crippen molar-refractivity contribution < 1.29 is 4.79 Å². The fraction of sp³-hybridized carbons (Fsp3) is 0.500. The highest BCUT2D eigenvalue weighted by atomic mass is 35.5. The summed E-state index contributed by atoms with van der Waals surface area (Å²) in [6.45, 7) is 1.40. The SMILES string of the molecule is NC1CCCN(C(=O)c2nn(-c3ccc(Cl)cc3)c3c2CCCCC3)C1. The minimum atomic E-state index is 0.0333. The molecule has 5 nitrogen and oxygen atoms in total. The van der Waals surface area contributed by atoms with E-state index in [1.165, 1.54) is 12.1 Å². The molecule has 2 aromatic rings. The molecule has 6 heteroatoms. The molecule has 0 radical (unpaired) electrons. The van der Waals surface area contributed by atoms with E-state index in [1.807, 2.05) is 33.8 Å². The zero-order chi connectivity index (χ0) is 18.1. The number of aromatic nitrogens is 2. The molecule has 1 saturated heterocycles. The summed E-state index contributed by atoms with van der Waals surface area (Å²) in [5.74, 6) is 0.0333. The van der Waals surface area contributed by atoms with Gasteiger partial charge in [0.15, 0.2) is 5.69 Å². The van der Waals surface area contributed by atoms with E-state index in [2.05, 4.69) is 0 Å². The van der Waals surface area contributed by atoms with Crippen LogP contribution in [0.3, 0.4) is 0 Å². The van der Waals surface area contributed by atoms with Crippen LogP contribution in [0.5, 0.6) is 0 Å². The summed E-state index contributed by atoms with van der Waals surface area (Å²) >= 11 is 6.04. The van der Waals surface area contributed by atoms with Gasteiger partial charge in [-0.1, -0.05) is 18.0 Å². The molecule has 2 heterocycles. The number of hydrogen-bond donors (Lipinski definition) is 1. The number of carbonyl (C=O) groups excluding carboxylic acids is 1. The van der Waals surface area contributed by atoms with E-state index in [-0.39, 0.29) is 11.9 Å². The van der Waals surface area contributed by atoms with Gasteiger partial charge in [-0.3, -0.25) is 4.79 Å². The zero-order valence-electron chi connectivity index (χ0n) is 15.0. The van der Waals surface area contributed by atoms with Crippen molar-refractivity contribution in [2.45, 2.75) is 51.0 Å². The average molecular weight is 373 g/mol. The first-order chi connectivity index (χ1) is 12.6. The van der Waals surface area contributed by atoms with Gasteiger partial charge in [0, 0.05) is 35.4 Å². The minimum absolute atomic E-state index is 0.0333. The smallest absolute Gasteiger partial charge is 0.274 e. The quantitative estimate of drug-likeness (QED) is 0.822. The monoisotopic (exact) mass is 372 g/mol. The predicted molar refractivity (Wildman–Crippen MR) is 103 cm³/mol. The number of rotatable bonds is 2. The Morgan fingerprint density at radius 1 is 1.12 bits per heavy atom. The maximum Gasteiger partial charge on any atom is 0.274 e. The first kappa shape index (κ1) is 17.6. The molecule has 1 aromatic heterocycles. The van der Waals surface area contributed by atoms with E-state index in [1.54, 1.807) is 0 Å². The van der Waals surface area contributed by atoms with Crippen molar-refractivity contribution in [3.05, 3.63) is 46.2 Å². The van der Waals surface area contributed by atoms with Gasteiger partial charge in [0.1, 0.15) is 0 Å². The van der Waals surface area contributed by atoms with Crippen LogP contribution in [-0.2, 0) is 12.8 Å². The molecule has 1 aromatic carbocycles. The van der Waals surface area contributed by atoms with E-state index in [0.717, 1.165) is 56.3 Å². The van der Waals surface area contributed by atoms with E-state index < -0.39 is 0 Å². The highest BCUT2D eigenvalue weighted by Gasteiger charge is 2.29. The third kappa shape index (κ3) is 3.38. The fourth-order valence-electron chi connectivity index (χ4n) is 4.09. The number of likely N-dealkylation sites (tertiary alicyclic amines) is 1. The third-order valence-electron chi connectivity index (χ3n) is 5.45. The number of amides is 1. The van der Waals surface area contributed by atoms with Crippen LogP contribution in [-0.4, -0.2) is 39.7 Å². The van der Waals surface area contributed by atoms with Gasteiger partial charge >= 0.3 is 0 Å². The van der Waals surface area contributed by atoms with Crippen molar-refractivity contribution in [3.8, 4) is 5.69 Å². The number of piperidine rings is 1. The molecule has 0 bridgehead atoms. The van der Waals surface area contributed by atoms with Crippen molar-refractivity contribution >= 4 is 17.5 Å². The number of carbonyl (C=O) groups is 1. The number of benzene rings is 1. The average Bonchev–Trinajstić information content (AvgIpc) is 2.83. The molecule has 1 aliphatic heterocycles. The molecule has 1 amide bonds. The van der Waals surface area contributed by atoms with Crippen LogP contribution in [0.25, 0.3) is 5.69 Å². The summed E-state index contributed by atoms with van der Waals surface area (Å²) in [7, 11) is 0. The second kappa shape index (κ2) is 7.41. The summed E-state index contributed by atoms with van der Waals surface area (Å²) in [5, 5.41) is 5.47. The first-order valence-corrected chi connectivity index (χ1v) is 9.93. The topological polar surface area (TPSA) is 64.2 Å². The predicted octanol–water partition coefficient (Wildman–Crippen LogP) is 3.36.